The average molecular weight is 234 g/mol. The van der Waals surface area contributed by atoms with Gasteiger partial charge in [-0.15, -0.1) is 0 Å². The SMILES string of the molecule is COC(CN)CC(=O)NC(C)C(OC)OC. The third-order valence-electron chi connectivity index (χ3n) is 2.27. The van der Waals surface area contributed by atoms with Crippen LogP contribution in [0, 0.1) is 0 Å². The van der Waals surface area contributed by atoms with E-state index in [2.05, 4.69) is 5.32 Å². The molecular formula is C10H22N2O4. The molecule has 96 valence electrons. The highest BCUT2D eigenvalue weighted by Crippen LogP contribution is 2.01. The van der Waals surface area contributed by atoms with E-state index >= 15 is 0 Å². The summed E-state index contributed by atoms with van der Waals surface area (Å²) in [5.41, 5.74) is 5.42. The quantitative estimate of drug-likeness (QED) is 0.552. The summed E-state index contributed by atoms with van der Waals surface area (Å²) in [5, 5.41) is 2.76. The molecule has 6 heteroatoms. The smallest absolute Gasteiger partial charge is 0.223 e. The number of hydrogen-bond donors (Lipinski definition) is 2. The highest BCUT2D eigenvalue weighted by Gasteiger charge is 2.19. The van der Waals surface area contributed by atoms with Crippen molar-refractivity contribution in [2.45, 2.75) is 31.8 Å². The number of methoxy groups -OCH3 is 3. The van der Waals surface area contributed by atoms with Crippen molar-refractivity contribution in [1.29, 1.82) is 0 Å². The third kappa shape index (κ3) is 5.41. The Morgan fingerprint density at radius 2 is 1.81 bits per heavy atom. The van der Waals surface area contributed by atoms with Crippen LogP contribution in [-0.2, 0) is 19.0 Å². The maximum absolute atomic E-state index is 11.6. The van der Waals surface area contributed by atoms with Gasteiger partial charge in [0.05, 0.1) is 18.6 Å². The van der Waals surface area contributed by atoms with Crippen molar-refractivity contribution in [1.82, 2.24) is 5.32 Å². The maximum Gasteiger partial charge on any atom is 0.223 e. The van der Waals surface area contributed by atoms with Gasteiger partial charge in [-0.05, 0) is 6.92 Å². The van der Waals surface area contributed by atoms with Crippen LogP contribution in [0.15, 0.2) is 0 Å². The van der Waals surface area contributed by atoms with Crippen molar-refractivity contribution in [3.63, 3.8) is 0 Å². The topological polar surface area (TPSA) is 82.8 Å². The van der Waals surface area contributed by atoms with Crippen molar-refractivity contribution in [3.8, 4) is 0 Å². The minimum Gasteiger partial charge on any atom is -0.380 e. The molecule has 3 N–H and O–H groups in total. The van der Waals surface area contributed by atoms with Crippen LogP contribution in [-0.4, -0.2) is 52.2 Å². The van der Waals surface area contributed by atoms with Crippen molar-refractivity contribution < 1.29 is 19.0 Å². The molecule has 16 heavy (non-hydrogen) atoms. The van der Waals surface area contributed by atoms with E-state index in [1.165, 1.54) is 21.3 Å². The number of carbonyl (C=O) groups excluding carboxylic acids is 1. The van der Waals surface area contributed by atoms with Crippen LogP contribution in [0.5, 0.6) is 0 Å². The van der Waals surface area contributed by atoms with Gasteiger partial charge >= 0.3 is 0 Å². The first-order chi connectivity index (χ1) is 7.58. The molecule has 0 bridgehead atoms. The number of hydrogen-bond acceptors (Lipinski definition) is 5. The zero-order valence-corrected chi connectivity index (χ0v) is 10.4. The average Bonchev–Trinajstić information content (AvgIpc) is 2.27. The number of carbonyl (C=O) groups is 1. The van der Waals surface area contributed by atoms with Crippen LogP contribution in [0.25, 0.3) is 0 Å². The minimum atomic E-state index is -0.456. The Hall–Kier alpha value is -0.690. The standard InChI is InChI=1S/C10H22N2O4/c1-7(10(15-3)16-4)12-9(13)5-8(6-11)14-2/h7-8,10H,5-6,11H2,1-4H3,(H,12,13). The van der Waals surface area contributed by atoms with Gasteiger partial charge in [-0.2, -0.15) is 0 Å². The van der Waals surface area contributed by atoms with Crippen molar-refractivity contribution >= 4 is 5.91 Å². The van der Waals surface area contributed by atoms with Crippen molar-refractivity contribution in [2.24, 2.45) is 5.73 Å². The van der Waals surface area contributed by atoms with E-state index in [0.717, 1.165) is 0 Å². The summed E-state index contributed by atoms with van der Waals surface area (Å²) in [7, 11) is 4.57. The van der Waals surface area contributed by atoms with Gasteiger partial charge in [-0.1, -0.05) is 0 Å². The Balaban J connectivity index is 4.03. The minimum absolute atomic E-state index is 0.135. The summed E-state index contributed by atoms with van der Waals surface area (Å²) in [6.45, 7) is 2.12. The van der Waals surface area contributed by atoms with Crippen LogP contribution in [0.3, 0.4) is 0 Å². The van der Waals surface area contributed by atoms with Gasteiger partial charge in [0.1, 0.15) is 0 Å². The van der Waals surface area contributed by atoms with Gasteiger partial charge in [-0.3, -0.25) is 4.79 Å². The molecule has 0 fully saturated rings. The van der Waals surface area contributed by atoms with Crippen LogP contribution in [0.2, 0.25) is 0 Å². The zero-order chi connectivity index (χ0) is 12.6. The van der Waals surface area contributed by atoms with E-state index in [-0.39, 0.29) is 24.5 Å². The molecule has 0 spiro atoms. The van der Waals surface area contributed by atoms with Crippen molar-refractivity contribution in [3.05, 3.63) is 0 Å². The van der Waals surface area contributed by atoms with Gasteiger partial charge in [0.25, 0.3) is 0 Å². The fourth-order valence-corrected chi connectivity index (χ4v) is 1.36. The molecule has 0 aliphatic heterocycles. The summed E-state index contributed by atoms with van der Waals surface area (Å²) >= 11 is 0. The van der Waals surface area contributed by atoms with Crippen molar-refractivity contribution in [2.75, 3.05) is 27.9 Å². The number of rotatable bonds is 8. The number of amides is 1. The van der Waals surface area contributed by atoms with Crippen LogP contribution < -0.4 is 11.1 Å². The highest BCUT2D eigenvalue weighted by molar-refractivity contribution is 5.76. The number of ether oxygens (including phenoxy) is 3. The lowest BCUT2D eigenvalue weighted by Crippen LogP contribution is -2.44. The van der Waals surface area contributed by atoms with Gasteiger partial charge in [0.15, 0.2) is 6.29 Å². The Labute approximate surface area is 96.4 Å². The molecule has 0 radical (unpaired) electrons. The molecule has 0 heterocycles. The first-order valence-corrected chi connectivity index (χ1v) is 5.16. The molecule has 0 aromatic carbocycles. The predicted octanol–water partition coefficient (Wildman–Crippen LogP) is -0.526. The largest absolute Gasteiger partial charge is 0.380 e. The molecule has 0 saturated carbocycles. The summed E-state index contributed by atoms with van der Waals surface area (Å²) in [4.78, 5) is 11.6. The second-order valence-corrected chi connectivity index (χ2v) is 3.49. The second kappa shape index (κ2) is 8.46. The van der Waals surface area contributed by atoms with Gasteiger partial charge in [0, 0.05) is 27.9 Å². The fraction of sp³-hybridized carbons (Fsp3) is 0.900. The molecule has 2 unspecified atom stereocenters. The highest BCUT2D eigenvalue weighted by atomic mass is 16.7. The molecule has 1 amide bonds. The van der Waals surface area contributed by atoms with Crippen LogP contribution >= 0.6 is 0 Å². The first-order valence-electron chi connectivity index (χ1n) is 5.16. The monoisotopic (exact) mass is 234 g/mol. The molecule has 0 rings (SSSR count). The maximum atomic E-state index is 11.6. The molecule has 0 aromatic heterocycles. The van der Waals surface area contributed by atoms with E-state index in [9.17, 15) is 4.79 Å². The van der Waals surface area contributed by atoms with Crippen LogP contribution in [0.1, 0.15) is 13.3 Å². The predicted molar refractivity (Wildman–Crippen MR) is 59.9 cm³/mol. The van der Waals surface area contributed by atoms with E-state index in [1.807, 2.05) is 0 Å². The lowest BCUT2D eigenvalue weighted by atomic mass is 10.2. The molecule has 0 aromatic rings. The molecular weight excluding hydrogens is 212 g/mol. The van der Waals surface area contributed by atoms with E-state index < -0.39 is 6.29 Å². The Morgan fingerprint density at radius 1 is 1.25 bits per heavy atom. The summed E-state index contributed by atoms with van der Waals surface area (Å²) < 4.78 is 15.1. The lowest BCUT2D eigenvalue weighted by molar-refractivity contribution is -0.137. The third-order valence-corrected chi connectivity index (χ3v) is 2.27. The number of nitrogens with one attached hydrogen (secondary N) is 1. The van der Waals surface area contributed by atoms with Gasteiger partial charge in [-0.25, -0.2) is 0 Å². The summed E-state index contributed by atoms with van der Waals surface area (Å²) in [6, 6.07) is -0.224. The Morgan fingerprint density at radius 3 is 2.19 bits per heavy atom. The van der Waals surface area contributed by atoms with Gasteiger partial charge < -0.3 is 25.3 Å². The first kappa shape index (κ1) is 15.3. The van der Waals surface area contributed by atoms with E-state index in [4.69, 9.17) is 19.9 Å². The number of nitrogens with two attached hydrogens (primary N) is 1. The lowest BCUT2D eigenvalue weighted by Gasteiger charge is -2.23. The normalized spacial score (nSPS) is 14.9. The molecule has 0 saturated heterocycles. The van der Waals surface area contributed by atoms with E-state index in [1.54, 1.807) is 6.92 Å². The Kier molecular flexibility index (Phi) is 8.10. The van der Waals surface area contributed by atoms with E-state index in [0.29, 0.717) is 6.54 Å². The zero-order valence-electron chi connectivity index (χ0n) is 10.4. The fourth-order valence-electron chi connectivity index (χ4n) is 1.36. The second-order valence-electron chi connectivity index (χ2n) is 3.49. The molecule has 0 aliphatic rings. The summed E-state index contributed by atoms with van der Waals surface area (Å²) in [5.74, 6) is -0.135. The Bertz CT molecular complexity index is 193. The molecule has 6 nitrogen and oxygen atoms in total. The summed E-state index contributed by atoms with van der Waals surface area (Å²) in [6.07, 6.45) is -0.476. The molecule has 2 atom stereocenters. The van der Waals surface area contributed by atoms with Gasteiger partial charge in [0.2, 0.25) is 5.91 Å². The molecule has 0 aliphatic carbocycles. The van der Waals surface area contributed by atoms with Crippen LogP contribution in [0.4, 0.5) is 0 Å².